The summed E-state index contributed by atoms with van der Waals surface area (Å²) in [5.74, 6) is 1.76. The van der Waals surface area contributed by atoms with Crippen molar-refractivity contribution in [1.82, 2.24) is 0 Å². The number of hydrogen-bond donors (Lipinski definition) is 1. The molecular formula is C20H19NOS. The molecule has 0 aromatic heterocycles. The maximum Gasteiger partial charge on any atom is 0.118 e. The van der Waals surface area contributed by atoms with Gasteiger partial charge in [0.2, 0.25) is 0 Å². The van der Waals surface area contributed by atoms with E-state index in [-0.39, 0.29) is 0 Å². The van der Waals surface area contributed by atoms with Crippen molar-refractivity contribution >= 4 is 17.4 Å². The Balaban J connectivity index is 1.76. The van der Waals surface area contributed by atoms with Crippen LogP contribution >= 0.6 is 11.8 Å². The number of ether oxygens (including phenoxy) is 1. The molecule has 0 amide bonds. The van der Waals surface area contributed by atoms with Gasteiger partial charge >= 0.3 is 0 Å². The van der Waals surface area contributed by atoms with Crippen LogP contribution < -0.4 is 10.5 Å². The summed E-state index contributed by atoms with van der Waals surface area (Å²) in [5, 5.41) is 0. The molecule has 0 aliphatic heterocycles. The Morgan fingerprint density at radius 2 is 1.61 bits per heavy atom. The number of methoxy groups -OCH3 is 1. The minimum absolute atomic E-state index is 0.822. The molecule has 23 heavy (non-hydrogen) atoms. The Kier molecular flexibility index (Phi) is 4.89. The summed E-state index contributed by atoms with van der Waals surface area (Å²) in [7, 11) is 1.68. The van der Waals surface area contributed by atoms with Crippen molar-refractivity contribution in [3.8, 4) is 16.9 Å². The van der Waals surface area contributed by atoms with Crippen LogP contribution in [0.2, 0.25) is 0 Å². The van der Waals surface area contributed by atoms with Crippen molar-refractivity contribution in [2.24, 2.45) is 0 Å². The monoisotopic (exact) mass is 321 g/mol. The summed E-state index contributed by atoms with van der Waals surface area (Å²) < 4.78 is 5.19. The third kappa shape index (κ3) is 3.88. The zero-order valence-corrected chi connectivity index (χ0v) is 13.8. The Labute approximate surface area is 141 Å². The fraction of sp³-hybridized carbons (Fsp3) is 0.100. The van der Waals surface area contributed by atoms with Crippen LogP contribution in [0.15, 0.2) is 77.7 Å². The third-order valence-electron chi connectivity index (χ3n) is 3.67. The van der Waals surface area contributed by atoms with Crippen LogP contribution in [0.4, 0.5) is 5.69 Å². The molecule has 116 valence electrons. The number of hydrogen-bond acceptors (Lipinski definition) is 3. The smallest absolute Gasteiger partial charge is 0.118 e. The van der Waals surface area contributed by atoms with Crippen molar-refractivity contribution in [3.05, 3.63) is 78.4 Å². The zero-order valence-electron chi connectivity index (χ0n) is 13.0. The van der Waals surface area contributed by atoms with Crippen molar-refractivity contribution in [3.63, 3.8) is 0 Å². The largest absolute Gasteiger partial charge is 0.497 e. The number of nitrogens with two attached hydrogens (primary N) is 1. The number of benzene rings is 3. The Morgan fingerprint density at radius 1 is 0.870 bits per heavy atom. The lowest BCUT2D eigenvalue weighted by atomic mass is 10.1. The van der Waals surface area contributed by atoms with Gasteiger partial charge in [-0.25, -0.2) is 0 Å². The van der Waals surface area contributed by atoms with Crippen LogP contribution in [-0.4, -0.2) is 7.11 Å². The highest BCUT2D eigenvalue weighted by Gasteiger charge is 2.05. The van der Waals surface area contributed by atoms with Crippen LogP contribution in [-0.2, 0) is 5.75 Å². The topological polar surface area (TPSA) is 35.2 Å². The molecule has 0 radical (unpaired) electrons. The van der Waals surface area contributed by atoms with Crippen molar-refractivity contribution in [2.75, 3.05) is 12.8 Å². The van der Waals surface area contributed by atoms with Gasteiger partial charge in [0.1, 0.15) is 5.75 Å². The molecule has 3 aromatic carbocycles. The summed E-state index contributed by atoms with van der Waals surface area (Å²) in [4.78, 5) is 1.11. The number of nitrogen functional groups attached to an aromatic ring is 1. The molecule has 0 spiro atoms. The van der Waals surface area contributed by atoms with E-state index in [0.717, 1.165) is 22.1 Å². The molecule has 2 nitrogen and oxygen atoms in total. The highest BCUT2D eigenvalue weighted by atomic mass is 32.2. The molecule has 0 saturated carbocycles. The predicted molar refractivity (Wildman–Crippen MR) is 98.8 cm³/mol. The molecule has 0 aliphatic rings. The van der Waals surface area contributed by atoms with Gasteiger partial charge in [-0.05, 0) is 41.0 Å². The average Bonchev–Trinajstić information content (AvgIpc) is 2.62. The lowest BCUT2D eigenvalue weighted by Gasteiger charge is -2.09. The van der Waals surface area contributed by atoms with Gasteiger partial charge in [0.05, 0.1) is 7.11 Å². The van der Waals surface area contributed by atoms with Crippen molar-refractivity contribution in [2.45, 2.75) is 10.6 Å². The van der Waals surface area contributed by atoms with Crippen LogP contribution in [0, 0.1) is 0 Å². The molecule has 0 unspecified atom stereocenters. The van der Waals surface area contributed by atoms with Gasteiger partial charge in [-0.15, -0.1) is 11.8 Å². The maximum absolute atomic E-state index is 6.14. The Morgan fingerprint density at radius 3 is 2.30 bits per heavy atom. The predicted octanol–water partition coefficient (Wildman–Crippen LogP) is 5.24. The van der Waals surface area contributed by atoms with E-state index in [1.165, 1.54) is 16.7 Å². The van der Waals surface area contributed by atoms with Gasteiger partial charge in [0.25, 0.3) is 0 Å². The van der Waals surface area contributed by atoms with Crippen molar-refractivity contribution < 1.29 is 4.74 Å². The van der Waals surface area contributed by atoms with Gasteiger partial charge in [-0.2, -0.15) is 0 Å². The van der Waals surface area contributed by atoms with E-state index >= 15 is 0 Å². The molecule has 0 heterocycles. The zero-order chi connectivity index (χ0) is 16.1. The molecule has 0 atom stereocenters. The average molecular weight is 321 g/mol. The van der Waals surface area contributed by atoms with Crippen LogP contribution in [0.3, 0.4) is 0 Å². The summed E-state index contributed by atoms with van der Waals surface area (Å²) in [6.45, 7) is 0. The molecule has 0 aliphatic carbocycles. The maximum atomic E-state index is 6.14. The third-order valence-corrected chi connectivity index (χ3v) is 4.82. The fourth-order valence-electron chi connectivity index (χ4n) is 2.35. The molecule has 0 fully saturated rings. The second kappa shape index (κ2) is 7.25. The van der Waals surface area contributed by atoms with Gasteiger partial charge in [0.15, 0.2) is 0 Å². The number of anilines is 1. The molecular weight excluding hydrogens is 302 g/mol. The first-order valence-electron chi connectivity index (χ1n) is 7.47. The normalized spacial score (nSPS) is 10.5. The summed E-state index contributed by atoms with van der Waals surface area (Å²) in [5.41, 5.74) is 10.6. The molecule has 3 heteroatoms. The van der Waals surface area contributed by atoms with E-state index in [2.05, 4.69) is 48.5 Å². The molecule has 3 rings (SSSR count). The van der Waals surface area contributed by atoms with Crippen molar-refractivity contribution in [1.29, 1.82) is 0 Å². The number of thioether (sulfide) groups is 1. The second-order valence-corrected chi connectivity index (χ2v) is 6.27. The van der Waals surface area contributed by atoms with E-state index in [9.17, 15) is 0 Å². The van der Waals surface area contributed by atoms with E-state index in [0.29, 0.717) is 0 Å². The quantitative estimate of drug-likeness (QED) is 0.516. The number of rotatable bonds is 5. The first kappa shape index (κ1) is 15.5. The SMILES string of the molecule is COc1ccc(CSc2cc(-c3ccccc3)ccc2N)cc1. The van der Waals surface area contributed by atoms with Gasteiger partial charge in [0, 0.05) is 16.3 Å². The highest BCUT2D eigenvalue weighted by Crippen LogP contribution is 2.32. The summed E-state index contributed by atoms with van der Waals surface area (Å²) in [6, 6.07) is 24.7. The standard InChI is InChI=1S/C20H19NOS/c1-22-18-10-7-15(8-11-18)14-23-20-13-17(9-12-19(20)21)16-5-3-2-4-6-16/h2-13H,14,21H2,1H3. The van der Waals surface area contributed by atoms with Gasteiger partial charge in [-0.3, -0.25) is 0 Å². The second-order valence-electron chi connectivity index (χ2n) is 5.26. The van der Waals surface area contributed by atoms with E-state index in [1.807, 2.05) is 24.3 Å². The van der Waals surface area contributed by atoms with E-state index < -0.39 is 0 Å². The van der Waals surface area contributed by atoms with Crippen LogP contribution in [0.5, 0.6) is 5.75 Å². The minimum Gasteiger partial charge on any atom is -0.497 e. The molecule has 2 N–H and O–H groups in total. The highest BCUT2D eigenvalue weighted by molar-refractivity contribution is 7.98. The fourth-order valence-corrected chi connectivity index (χ4v) is 3.31. The first-order chi connectivity index (χ1) is 11.3. The summed E-state index contributed by atoms with van der Waals surface area (Å²) >= 11 is 1.76. The van der Waals surface area contributed by atoms with Crippen LogP contribution in [0.25, 0.3) is 11.1 Å². The van der Waals surface area contributed by atoms with E-state index in [4.69, 9.17) is 10.5 Å². The van der Waals surface area contributed by atoms with Gasteiger partial charge in [-0.1, -0.05) is 48.5 Å². The van der Waals surface area contributed by atoms with E-state index in [1.54, 1.807) is 18.9 Å². The van der Waals surface area contributed by atoms with Gasteiger partial charge < -0.3 is 10.5 Å². The molecule has 0 saturated heterocycles. The lowest BCUT2D eigenvalue weighted by molar-refractivity contribution is 0.414. The lowest BCUT2D eigenvalue weighted by Crippen LogP contribution is -1.90. The Hall–Kier alpha value is -2.39. The minimum atomic E-state index is 0.822. The first-order valence-corrected chi connectivity index (χ1v) is 8.45. The molecule has 3 aromatic rings. The summed E-state index contributed by atoms with van der Waals surface area (Å²) in [6.07, 6.45) is 0. The van der Waals surface area contributed by atoms with Crippen LogP contribution in [0.1, 0.15) is 5.56 Å². The molecule has 0 bridgehead atoms. The Bertz CT molecular complexity index is 769.